The molecule has 150 valence electrons. The average Bonchev–Trinajstić information content (AvgIpc) is 2.71. The van der Waals surface area contributed by atoms with Gasteiger partial charge in [-0.05, 0) is 48.8 Å². The Morgan fingerprint density at radius 1 is 0.857 bits per heavy atom. The highest BCUT2D eigenvalue weighted by molar-refractivity contribution is 8.00. The first-order chi connectivity index (χ1) is 13.4. The summed E-state index contributed by atoms with van der Waals surface area (Å²) in [6.07, 6.45) is 7.99. The summed E-state index contributed by atoms with van der Waals surface area (Å²) in [5.74, 6) is 3.23. The van der Waals surface area contributed by atoms with Gasteiger partial charge in [0.15, 0.2) is 5.78 Å². The van der Waals surface area contributed by atoms with Crippen molar-refractivity contribution in [3.63, 3.8) is 0 Å². The molecule has 0 spiro atoms. The summed E-state index contributed by atoms with van der Waals surface area (Å²) in [6.45, 7) is 6.96. The molecule has 0 bridgehead atoms. The molecule has 0 radical (unpaired) electrons. The molecule has 1 fully saturated rings. The van der Waals surface area contributed by atoms with Crippen molar-refractivity contribution < 1.29 is 4.79 Å². The summed E-state index contributed by atoms with van der Waals surface area (Å²) in [7, 11) is 0. The first-order valence-corrected chi connectivity index (χ1v) is 11.7. The second kappa shape index (κ2) is 9.78. The number of rotatable bonds is 7. The van der Waals surface area contributed by atoms with Crippen LogP contribution in [-0.2, 0) is 6.42 Å². The predicted octanol–water partition coefficient (Wildman–Crippen LogP) is 7.19. The summed E-state index contributed by atoms with van der Waals surface area (Å²) >= 11 is 2.13. The highest BCUT2D eigenvalue weighted by Gasteiger charge is 2.23. The molecule has 0 aliphatic heterocycles. The van der Waals surface area contributed by atoms with Crippen LogP contribution in [0.15, 0.2) is 54.6 Å². The van der Waals surface area contributed by atoms with E-state index in [0.29, 0.717) is 4.75 Å². The molecule has 1 aliphatic carbocycles. The van der Waals surface area contributed by atoms with E-state index in [0.717, 1.165) is 29.4 Å². The quantitative estimate of drug-likeness (QED) is 0.462. The number of ketones is 1. The molecular formula is C26H34OS. The molecule has 1 nitrogen and oxygen atoms in total. The summed E-state index contributed by atoms with van der Waals surface area (Å²) in [5.41, 5.74) is 2.90. The number of carbonyl (C=O) groups is 1. The molecule has 2 aromatic carbocycles. The maximum atomic E-state index is 12.5. The molecule has 0 aromatic heterocycles. The largest absolute Gasteiger partial charge is 0.289 e. The van der Waals surface area contributed by atoms with Gasteiger partial charge in [0.1, 0.15) is 0 Å². The lowest BCUT2D eigenvalue weighted by molar-refractivity contribution is 0.103. The third kappa shape index (κ3) is 6.51. The van der Waals surface area contributed by atoms with E-state index in [1.165, 1.54) is 43.4 Å². The third-order valence-corrected chi connectivity index (χ3v) is 7.32. The Labute approximate surface area is 175 Å². The van der Waals surface area contributed by atoms with Crippen molar-refractivity contribution in [1.29, 1.82) is 0 Å². The van der Waals surface area contributed by atoms with Gasteiger partial charge in [0, 0.05) is 15.9 Å². The summed E-state index contributed by atoms with van der Waals surface area (Å²) < 4.78 is 0.394. The van der Waals surface area contributed by atoms with Crippen LogP contribution in [0.25, 0.3) is 0 Å². The van der Waals surface area contributed by atoms with Crippen LogP contribution in [0.1, 0.15) is 74.4 Å². The minimum atomic E-state index is 0.110. The van der Waals surface area contributed by atoms with Gasteiger partial charge in [0.25, 0.3) is 0 Å². The van der Waals surface area contributed by atoms with Crippen LogP contribution in [-0.4, -0.2) is 16.3 Å². The Morgan fingerprint density at radius 2 is 1.43 bits per heavy atom. The van der Waals surface area contributed by atoms with Gasteiger partial charge in [0.2, 0.25) is 0 Å². The number of aryl methyl sites for hydroxylation is 1. The van der Waals surface area contributed by atoms with Crippen molar-refractivity contribution in [2.24, 2.45) is 11.8 Å². The Morgan fingerprint density at radius 3 is 2.04 bits per heavy atom. The topological polar surface area (TPSA) is 17.1 Å². The minimum Gasteiger partial charge on any atom is -0.289 e. The van der Waals surface area contributed by atoms with E-state index < -0.39 is 0 Å². The molecule has 1 aliphatic rings. The number of carbonyl (C=O) groups excluding carboxylic acids is 1. The minimum absolute atomic E-state index is 0.110. The van der Waals surface area contributed by atoms with E-state index in [2.05, 4.69) is 44.7 Å². The van der Waals surface area contributed by atoms with E-state index in [-0.39, 0.29) is 5.78 Å². The standard InChI is InChI=1S/C26H34OS/c1-26(2,3)28-19-22-13-11-20(12-14-22)9-10-21-15-17-24(18-16-21)25(27)23-7-5-4-6-8-23/h4-8,15-18,20,22H,9-14,19H2,1-3H3. The van der Waals surface area contributed by atoms with Gasteiger partial charge in [-0.2, -0.15) is 11.8 Å². The Hall–Kier alpha value is -1.54. The van der Waals surface area contributed by atoms with Gasteiger partial charge >= 0.3 is 0 Å². The molecule has 0 saturated heterocycles. The van der Waals surface area contributed by atoms with Crippen molar-refractivity contribution in [2.45, 2.75) is 64.0 Å². The lowest BCUT2D eigenvalue weighted by atomic mass is 9.80. The first kappa shape index (κ1) is 21.2. The molecule has 2 aromatic rings. The summed E-state index contributed by atoms with van der Waals surface area (Å²) in [6, 6.07) is 17.8. The molecule has 0 atom stereocenters. The number of hydrogen-bond acceptors (Lipinski definition) is 2. The van der Waals surface area contributed by atoms with Crippen LogP contribution in [0.4, 0.5) is 0 Å². The van der Waals surface area contributed by atoms with Crippen molar-refractivity contribution in [3.05, 3.63) is 71.3 Å². The van der Waals surface area contributed by atoms with Crippen molar-refractivity contribution in [1.82, 2.24) is 0 Å². The Balaban J connectivity index is 1.43. The molecule has 28 heavy (non-hydrogen) atoms. The van der Waals surface area contributed by atoms with E-state index in [1.807, 2.05) is 42.5 Å². The van der Waals surface area contributed by atoms with Crippen molar-refractivity contribution in [2.75, 3.05) is 5.75 Å². The fourth-order valence-electron chi connectivity index (χ4n) is 4.00. The van der Waals surface area contributed by atoms with Gasteiger partial charge in [0.05, 0.1) is 0 Å². The fraction of sp³-hybridized carbons (Fsp3) is 0.500. The van der Waals surface area contributed by atoms with Gasteiger partial charge in [-0.3, -0.25) is 4.79 Å². The van der Waals surface area contributed by atoms with Crippen molar-refractivity contribution >= 4 is 17.5 Å². The second-order valence-electron chi connectivity index (χ2n) is 9.24. The van der Waals surface area contributed by atoms with E-state index in [1.54, 1.807) is 0 Å². The molecule has 0 heterocycles. The number of hydrogen-bond donors (Lipinski definition) is 0. The van der Waals surface area contributed by atoms with E-state index in [4.69, 9.17) is 0 Å². The molecule has 0 N–H and O–H groups in total. The average molecular weight is 395 g/mol. The molecular weight excluding hydrogens is 360 g/mol. The van der Waals surface area contributed by atoms with Crippen LogP contribution in [0.3, 0.4) is 0 Å². The monoisotopic (exact) mass is 394 g/mol. The molecule has 1 saturated carbocycles. The van der Waals surface area contributed by atoms with Gasteiger partial charge in [-0.15, -0.1) is 0 Å². The van der Waals surface area contributed by atoms with Gasteiger partial charge in [-0.1, -0.05) is 88.2 Å². The SMILES string of the molecule is CC(C)(C)SCC1CCC(CCc2ccc(C(=O)c3ccccc3)cc2)CC1. The summed E-state index contributed by atoms with van der Waals surface area (Å²) in [4.78, 5) is 12.5. The normalized spacial score (nSPS) is 20.1. The zero-order valence-electron chi connectivity index (χ0n) is 17.6. The molecule has 0 amide bonds. The van der Waals surface area contributed by atoms with Crippen LogP contribution in [0.2, 0.25) is 0 Å². The predicted molar refractivity (Wildman–Crippen MR) is 122 cm³/mol. The second-order valence-corrected chi connectivity index (χ2v) is 11.1. The molecule has 0 unspecified atom stereocenters. The van der Waals surface area contributed by atoms with Crippen LogP contribution < -0.4 is 0 Å². The maximum Gasteiger partial charge on any atom is 0.193 e. The van der Waals surface area contributed by atoms with E-state index >= 15 is 0 Å². The van der Waals surface area contributed by atoms with Crippen molar-refractivity contribution in [3.8, 4) is 0 Å². The third-order valence-electron chi connectivity index (χ3n) is 5.81. The van der Waals surface area contributed by atoms with Crippen LogP contribution in [0, 0.1) is 11.8 Å². The number of benzene rings is 2. The number of thioether (sulfide) groups is 1. The lowest BCUT2D eigenvalue weighted by Gasteiger charge is -2.30. The van der Waals surface area contributed by atoms with Crippen LogP contribution >= 0.6 is 11.8 Å². The fourth-order valence-corrected chi connectivity index (χ4v) is 5.07. The maximum absolute atomic E-state index is 12.5. The highest BCUT2D eigenvalue weighted by atomic mass is 32.2. The van der Waals surface area contributed by atoms with Gasteiger partial charge in [-0.25, -0.2) is 0 Å². The Bertz CT molecular complexity index is 734. The van der Waals surface area contributed by atoms with E-state index in [9.17, 15) is 4.79 Å². The first-order valence-electron chi connectivity index (χ1n) is 10.7. The molecule has 3 rings (SSSR count). The van der Waals surface area contributed by atoms with Gasteiger partial charge < -0.3 is 0 Å². The highest BCUT2D eigenvalue weighted by Crippen LogP contribution is 2.36. The summed E-state index contributed by atoms with van der Waals surface area (Å²) in [5, 5.41) is 0. The zero-order valence-corrected chi connectivity index (χ0v) is 18.4. The smallest absolute Gasteiger partial charge is 0.193 e. The lowest BCUT2D eigenvalue weighted by Crippen LogP contribution is -2.19. The van der Waals surface area contributed by atoms with Crippen LogP contribution in [0.5, 0.6) is 0 Å². The zero-order chi connectivity index (χ0) is 20.0. The Kier molecular flexibility index (Phi) is 7.40. The molecule has 2 heteroatoms.